The number of aromatic nitrogens is 2. The first-order valence-electron chi connectivity index (χ1n) is 6.50. The van der Waals surface area contributed by atoms with E-state index in [-0.39, 0.29) is 16.8 Å². The smallest absolute Gasteiger partial charge is 0.319 e. The maximum Gasteiger partial charge on any atom is 0.319 e. The molecule has 0 aromatic carbocycles. The van der Waals surface area contributed by atoms with E-state index < -0.39 is 0 Å². The van der Waals surface area contributed by atoms with Gasteiger partial charge in [-0.15, -0.1) is 0 Å². The third kappa shape index (κ3) is 5.46. The number of hydrogen-bond donors (Lipinski definition) is 1. The van der Waals surface area contributed by atoms with Crippen LogP contribution in [0.3, 0.4) is 0 Å². The van der Waals surface area contributed by atoms with E-state index in [4.69, 9.17) is 4.74 Å². The van der Waals surface area contributed by atoms with E-state index in [1.807, 2.05) is 13.8 Å². The Balaban J connectivity index is 2.70. The summed E-state index contributed by atoms with van der Waals surface area (Å²) in [5.41, 5.74) is 0.568. The Labute approximate surface area is 117 Å². The molecule has 1 rings (SSSR count). The average Bonchev–Trinajstić information content (AvgIpc) is 2.35. The molecule has 5 nitrogen and oxygen atoms in total. The summed E-state index contributed by atoms with van der Waals surface area (Å²) in [4.78, 5) is 30.1. The van der Waals surface area contributed by atoms with Crippen molar-refractivity contribution >= 4 is 17.7 Å². The van der Waals surface area contributed by atoms with Gasteiger partial charge in [0.2, 0.25) is 0 Å². The van der Waals surface area contributed by atoms with Crippen LogP contribution in [0.5, 0.6) is 0 Å². The van der Waals surface area contributed by atoms with Crippen LogP contribution in [0.25, 0.3) is 0 Å². The second-order valence-electron chi connectivity index (χ2n) is 4.22. The van der Waals surface area contributed by atoms with E-state index in [1.165, 1.54) is 17.8 Å². The Hall–Kier alpha value is -1.30. The SMILES string of the molecule is CCCOC(=O)C(C)Sc1nc(CCC)cc(=O)[nH]1. The highest BCUT2D eigenvalue weighted by atomic mass is 32.2. The van der Waals surface area contributed by atoms with Crippen molar-refractivity contribution < 1.29 is 9.53 Å². The molecule has 0 radical (unpaired) electrons. The van der Waals surface area contributed by atoms with Crippen LogP contribution in [-0.2, 0) is 16.0 Å². The number of aromatic amines is 1. The van der Waals surface area contributed by atoms with Gasteiger partial charge in [-0.25, -0.2) is 4.98 Å². The highest BCUT2D eigenvalue weighted by molar-refractivity contribution is 8.00. The van der Waals surface area contributed by atoms with E-state index in [9.17, 15) is 9.59 Å². The molecule has 0 saturated heterocycles. The average molecular weight is 284 g/mol. The minimum absolute atomic E-state index is 0.185. The van der Waals surface area contributed by atoms with E-state index in [0.717, 1.165) is 25.0 Å². The summed E-state index contributed by atoms with van der Waals surface area (Å²) in [6.07, 6.45) is 2.48. The third-order valence-corrected chi connectivity index (χ3v) is 3.31. The summed E-state index contributed by atoms with van der Waals surface area (Å²) in [5.74, 6) is -0.282. The standard InChI is InChI=1S/C13H20N2O3S/c1-4-6-10-8-11(16)15-13(14-10)19-9(3)12(17)18-7-5-2/h8-9H,4-7H2,1-3H3,(H,14,15,16). The molecule has 0 spiro atoms. The lowest BCUT2D eigenvalue weighted by Crippen LogP contribution is -2.19. The van der Waals surface area contributed by atoms with Gasteiger partial charge < -0.3 is 9.72 Å². The number of aryl methyl sites for hydroxylation is 1. The lowest BCUT2D eigenvalue weighted by Gasteiger charge is -2.10. The molecular weight excluding hydrogens is 264 g/mol. The van der Waals surface area contributed by atoms with Crippen molar-refractivity contribution in [3.05, 3.63) is 22.1 Å². The van der Waals surface area contributed by atoms with Crippen LogP contribution in [0, 0.1) is 0 Å². The molecule has 19 heavy (non-hydrogen) atoms. The maximum atomic E-state index is 11.6. The van der Waals surface area contributed by atoms with Crippen LogP contribution in [0.1, 0.15) is 39.3 Å². The lowest BCUT2D eigenvalue weighted by molar-refractivity contribution is -0.142. The normalized spacial score (nSPS) is 12.2. The van der Waals surface area contributed by atoms with E-state index >= 15 is 0 Å². The Morgan fingerprint density at radius 1 is 1.47 bits per heavy atom. The van der Waals surface area contributed by atoms with Gasteiger partial charge in [0.05, 0.1) is 6.61 Å². The maximum absolute atomic E-state index is 11.6. The summed E-state index contributed by atoms with van der Waals surface area (Å²) in [7, 11) is 0. The monoisotopic (exact) mass is 284 g/mol. The number of ether oxygens (including phenoxy) is 1. The molecule has 1 aromatic rings. The Morgan fingerprint density at radius 2 is 2.21 bits per heavy atom. The van der Waals surface area contributed by atoms with Crippen LogP contribution in [-0.4, -0.2) is 27.8 Å². The van der Waals surface area contributed by atoms with Gasteiger partial charge in [-0.05, 0) is 19.8 Å². The molecule has 1 atom stereocenters. The third-order valence-electron chi connectivity index (χ3n) is 2.35. The molecule has 0 aliphatic carbocycles. The molecule has 1 aromatic heterocycles. The molecule has 1 unspecified atom stereocenters. The van der Waals surface area contributed by atoms with Gasteiger partial charge in [-0.1, -0.05) is 32.0 Å². The minimum atomic E-state index is -0.383. The first kappa shape index (κ1) is 15.8. The second-order valence-corrected chi connectivity index (χ2v) is 5.55. The molecular formula is C13H20N2O3S. The Kier molecular flexibility index (Phi) is 6.62. The molecule has 0 aliphatic rings. The van der Waals surface area contributed by atoms with Crippen molar-refractivity contribution in [2.45, 2.75) is 50.4 Å². The minimum Gasteiger partial charge on any atom is -0.465 e. The van der Waals surface area contributed by atoms with Gasteiger partial charge >= 0.3 is 5.97 Å². The quantitative estimate of drug-likeness (QED) is 0.472. The summed E-state index contributed by atoms with van der Waals surface area (Å²) >= 11 is 1.22. The lowest BCUT2D eigenvalue weighted by atomic mass is 10.2. The Bertz CT molecular complexity index is 473. The van der Waals surface area contributed by atoms with E-state index in [2.05, 4.69) is 9.97 Å². The highest BCUT2D eigenvalue weighted by Crippen LogP contribution is 2.19. The fourth-order valence-corrected chi connectivity index (χ4v) is 2.29. The summed E-state index contributed by atoms with van der Waals surface area (Å²) in [6.45, 7) is 6.14. The predicted octanol–water partition coefficient (Wildman–Crippen LogP) is 2.16. The number of nitrogens with zero attached hydrogens (tertiary/aromatic N) is 1. The zero-order valence-electron chi connectivity index (χ0n) is 11.6. The zero-order chi connectivity index (χ0) is 14.3. The van der Waals surface area contributed by atoms with Crippen molar-refractivity contribution in [1.29, 1.82) is 0 Å². The topological polar surface area (TPSA) is 72.0 Å². The van der Waals surface area contributed by atoms with Crippen molar-refractivity contribution in [2.75, 3.05) is 6.61 Å². The molecule has 0 bridgehead atoms. The number of hydrogen-bond acceptors (Lipinski definition) is 5. The molecule has 0 fully saturated rings. The van der Waals surface area contributed by atoms with Gasteiger partial charge in [-0.3, -0.25) is 9.59 Å². The van der Waals surface area contributed by atoms with Crippen LogP contribution < -0.4 is 5.56 Å². The number of esters is 1. The molecule has 0 amide bonds. The zero-order valence-corrected chi connectivity index (χ0v) is 12.4. The second kappa shape index (κ2) is 7.99. The van der Waals surface area contributed by atoms with Gasteiger partial charge in [-0.2, -0.15) is 0 Å². The predicted molar refractivity (Wildman–Crippen MR) is 75.4 cm³/mol. The summed E-state index contributed by atoms with van der Waals surface area (Å²) in [5, 5.41) is 0.0866. The highest BCUT2D eigenvalue weighted by Gasteiger charge is 2.17. The molecule has 0 aliphatic heterocycles. The van der Waals surface area contributed by atoms with Crippen LogP contribution in [0.15, 0.2) is 16.0 Å². The number of carbonyl (C=O) groups is 1. The number of rotatable bonds is 7. The largest absolute Gasteiger partial charge is 0.465 e. The van der Waals surface area contributed by atoms with Crippen LogP contribution in [0.2, 0.25) is 0 Å². The first-order chi connectivity index (χ1) is 9.06. The first-order valence-corrected chi connectivity index (χ1v) is 7.38. The molecule has 0 saturated carbocycles. The van der Waals surface area contributed by atoms with E-state index in [1.54, 1.807) is 6.92 Å². The molecule has 106 valence electrons. The number of nitrogens with one attached hydrogen (secondary N) is 1. The van der Waals surface area contributed by atoms with Gasteiger partial charge in [0.25, 0.3) is 5.56 Å². The van der Waals surface area contributed by atoms with Gasteiger partial charge in [0, 0.05) is 11.8 Å². The van der Waals surface area contributed by atoms with E-state index in [0.29, 0.717) is 11.8 Å². The van der Waals surface area contributed by atoms with Crippen LogP contribution >= 0.6 is 11.8 Å². The molecule has 6 heteroatoms. The number of carbonyl (C=O) groups excluding carboxylic acids is 1. The van der Waals surface area contributed by atoms with Gasteiger partial charge in [0.1, 0.15) is 5.25 Å². The van der Waals surface area contributed by atoms with Crippen molar-refractivity contribution in [3.8, 4) is 0 Å². The number of thioether (sulfide) groups is 1. The fraction of sp³-hybridized carbons (Fsp3) is 0.615. The van der Waals surface area contributed by atoms with Crippen LogP contribution in [0.4, 0.5) is 0 Å². The summed E-state index contributed by atoms with van der Waals surface area (Å²) < 4.78 is 5.05. The van der Waals surface area contributed by atoms with Crippen molar-refractivity contribution in [3.63, 3.8) is 0 Å². The molecule has 1 N–H and O–H groups in total. The summed E-state index contributed by atoms with van der Waals surface area (Å²) in [6, 6.07) is 1.49. The Morgan fingerprint density at radius 3 is 2.84 bits per heavy atom. The molecule has 1 heterocycles. The van der Waals surface area contributed by atoms with Crippen molar-refractivity contribution in [2.24, 2.45) is 0 Å². The van der Waals surface area contributed by atoms with Gasteiger partial charge in [0.15, 0.2) is 5.16 Å². The fourth-order valence-electron chi connectivity index (χ4n) is 1.46. The van der Waals surface area contributed by atoms with Crippen molar-refractivity contribution in [1.82, 2.24) is 9.97 Å². The number of H-pyrrole nitrogens is 1.